The third-order valence-corrected chi connectivity index (χ3v) is 4.58. The molecular weight excluding hydrogens is 206 g/mol. The van der Waals surface area contributed by atoms with Crippen molar-refractivity contribution >= 4 is 0 Å². The minimum Gasteiger partial charge on any atom is -0.314 e. The topological polar surface area (TPSA) is 12.0 Å². The quantitative estimate of drug-likeness (QED) is 0.830. The van der Waals surface area contributed by atoms with Crippen molar-refractivity contribution in [1.82, 2.24) is 5.32 Å². The molecule has 0 bridgehead atoms. The second kappa shape index (κ2) is 5.22. The Balaban J connectivity index is 1.39. The van der Waals surface area contributed by atoms with E-state index in [1.54, 1.807) is 0 Å². The van der Waals surface area contributed by atoms with E-state index in [4.69, 9.17) is 0 Å². The minimum absolute atomic E-state index is 0.792. The Morgan fingerprint density at radius 3 is 2.41 bits per heavy atom. The largest absolute Gasteiger partial charge is 0.314 e. The summed E-state index contributed by atoms with van der Waals surface area (Å²) in [7, 11) is 0. The second-order valence-electron chi connectivity index (χ2n) is 5.83. The fourth-order valence-corrected chi connectivity index (χ4v) is 3.33. The van der Waals surface area contributed by atoms with Crippen LogP contribution in [-0.4, -0.2) is 12.6 Å². The predicted octanol–water partition coefficient (Wildman–Crippen LogP) is 3.71. The molecule has 0 aliphatic heterocycles. The summed E-state index contributed by atoms with van der Waals surface area (Å²) in [5.74, 6) is 1.79. The molecule has 0 spiro atoms. The van der Waals surface area contributed by atoms with Gasteiger partial charge in [-0.3, -0.25) is 0 Å². The molecule has 2 aliphatic carbocycles. The van der Waals surface area contributed by atoms with Crippen LogP contribution in [0.15, 0.2) is 30.3 Å². The van der Waals surface area contributed by atoms with Crippen LogP contribution < -0.4 is 5.32 Å². The number of hydrogen-bond donors (Lipinski definition) is 1. The van der Waals surface area contributed by atoms with Crippen molar-refractivity contribution in [2.24, 2.45) is 5.92 Å². The van der Waals surface area contributed by atoms with E-state index < -0.39 is 0 Å². The van der Waals surface area contributed by atoms with Crippen LogP contribution in [0.1, 0.15) is 50.0 Å². The molecule has 0 aromatic heterocycles. The predicted molar refractivity (Wildman–Crippen MR) is 72.2 cm³/mol. The summed E-state index contributed by atoms with van der Waals surface area (Å²) < 4.78 is 0. The van der Waals surface area contributed by atoms with Crippen molar-refractivity contribution in [2.75, 3.05) is 6.54 Å². The molecule has 2 aliphatic rings. The molecule has 0 heterocycles. The fraction of sp³-hybridized carbons (Fsp3) is 0.625. The van der Waals surface area contributed by atoms with Crippen LogP contribution in [-0.2, 0) is 0 Å². The average molecular weight is 229 g/mol. The lowest BCUT2D eigenvalue weighted by Gasteiger charge is -2.37. The lowest BCUT2D eigenvalue weighted by Crippen LogP contribution is -2.41. The minimum atomic E-state index is 0.792. The summed E-state index contributed by atoms with van der Waals surface area (Å²) in [5, 5.41) is 3.76. The van der Waals surface area contributed by atoms with Crippen molar-refractivity contribution in [1.29, 1.82) is 0 Å². The van der Waals surface area contributed by atoms with Crippen LogP contribution in [0.5, 0.6) is 0 Å². The Morgan fingerprint density at radius 2 is 1.71 bits per heavy atom. The van der Waals surface area contributed by atoms with Gasteiger partial charge in [0.1, 0.15) is 0 Å². The molecule has 0 amide bonds. The Morgan fingerprint density at radius 1 is 1.00 bits per heavy atom. The van der Waals surface area contributed by atoms with Crippen LogP contribution in [0.4, 0.5) is 0 Å². The van der Waals surface area contributed by atoms with E-state index in [1.165, 1.54) is 50.6 Å². The molecule has 1 aromatic rings. The van der Waals surface area contributed by atoms with E-state index in [0.29, 0.717) is 0 Å². The monoisotopic (exact) mass is 229 g/mol. The summed E-state index contributed by atoms with van der Waals surface area (Å²) in [6, 6.07) is 11.8. The number of hydrogen-bond acceptors (Lipinski definition) is 1. The number of rotatable bonds is 4. The highest BCUT2D eigenvalue weighted by Crippen LogP contribution is 2.37. The van der Waals surface area contributed by atoms with Gasteiger partial charge in [0.2, 0.25) is 0 Å². The second-order valence-corrected chi connectivity index (χ2v) is 5.83. The highest BCUT2D eigenvalue weighted by Gasteiger charge is 2.30. The maximum atomic E-state index is 3.76. The summed E-state index contributed by atoms with van der Waals surface area (Å²) in [5.41, 5.74) is 1.53. The van der Waals surface area contributed by atoms with Gasteiger partial charge in [-0.25, -0.2) is 0 Å². The average Bonchev–Trinajstić information content (AvgIpc) is 2.81. The molecule has 2 fully saturated rings. The van der Waals surface area contributed by atoms with Crippen molar-refractivity contribution in [3.05, 3.63) is 35.9 Å². The highest BCUT2D eigenvalue weighted by atomic mass is 14.9. The molecule has 0 saturated heterocycles. The summed E-state index contributed by atoms with van der Waals surface area (Å²) >= 11 is 0. The fourth-order valence-electron chi connectivity index (χ4n) is 3.33. The number of nitrogens with one attached hydrogen (secondary N) is 1. The van der Waals surface area contributed by atoms with Crippen molar-refractivity contribution in [2.45, 2.75) is 50.5 Å². The Labute approximate surface area is 105 Å². The molecule has 17 heavy (non-hydrogen) atoms. The first-order valence-electron chi connectivity index (χ1n) is 7.20. The van der Waals surface area contributed by atoms with Crippen molar-refractivity contribution in [3.8, 4) is 0 Å². The molecule has 0 radical (unpaired) electrons. The maximum Gasteiger partial charge on any atom is 0.00788 e. The Bertz CT molecular complexity index is 334. The molecule has 1 aromatic carbocycles. The van der Waals surface area contributed by atoms with Gasteiger partial charge in [0.15, 0.2) is 0 Å². The van der Waals surface area contributed by atoms with Gasteiger partial charge in [-0.1, -0.05) is 43.2 Å². The first kappa shape index (κ1) is 11.3. The third kappa shape index (κ3) is 2.71. The lowest BCUT2D eigenvalue weighted by atomic mass is 9.76. The first-order valence-corrected chi connectivity index (χ1v) is 7.20. The molecule has 1 heteroatoms. The smallest absolute Gasteiger partial charge is 0.00788 e. The molecule has 2 saturated carbocycles. The van der Waals surface area contributed by atoms with Gasteiger partial charge in [-0.15, -0.1) is 0 Å². The van der Waals surface area contributed by atoms with Gasteiger partial charge >= 0.3 is 0 Å². The van der Waals surface area contributed by atoms with Crippen molar-refractivity contribution in [3.63, 3.8) is 0 Å². The summed E-state index contributed by atoms with van der Waals surface area (Å²) in [6.45, 7) is 1.27. The van der Waals surface area contributed by atoms with Crippen LogP contribution in [0, 0.1) is 5.92 Å². The SMILES string of the molecule is c1ccc(C2CC(NCC3CCCC3)C2)cc1. The number of benzene rings is 1. The van der Waals surface area contributed by atoms with Gasteiger partial charge < -0.3 is 5.32 Å². The van der Waals surface area contributed by atoms with E-state index in [-0.39, 0.29) is 0 Å². The van der Waals surface area contributed by atoms with Gasteiger partial charge in [0.05, 0.1) is 0 Å². The molecule has 1 N–H and O–H groups in total. The van der Waals surface area contributed by atoms with Gasteiger partial charge in [-0.05, 0) is 49.6 Å². The Kier molecular flexibility index (Phi) is 3.46. The highest BCUT2D eigenvalue weighted by molar-refractivity contribution is 5.22. The van der Waals surface area contributed by atoms with Crippen LogP contribution in [0.2, 0.25) is 0 Å². The normalized spacial score (nSPS) is 29.2. The van der Waals surface area contributed by atoms with Crippen LogP contribution in [0.3, 0.4) is 0 Å². The zero-order valence-corrected chi connectivity index (χ0v) is 10.6. The molecule has 1 nitrogen and oxygen atoms in total. The van der Waals surface area contributed by atoms with Crippen LogP contribution in [0.25, 0.3) is 0 Å². The molecule has 0 atom stereocenters. The zero-order valence-electron chi connectivity index (χ0n) is 10.6. The van der Waals surface area contributed by atoms with E-state index in [1.807, 2.05) is 0 Å². The maximum absolute atomic E-state index is 3.76. The zero-order chi connectivity index (χ0) is 11.5. The molecule has 3 rings (SSSR count). The molecule has 92 valence electrons. The lowest BCUT2D eigenvalue weighted by molar-refractivity contribution is 0.276. The van der Waals surface area contributed by atoms with Crippen LogP contribution >= 0.6 is 0 Å². The summed E-state index contributed by atoms with van der Waals surface area (Å²) in [4.78, 5) is 0. The van der Waals surface area contributed by atoms with E-state index >= 15 is 0 Å². The van der Waals surface area contributed by atoms with E-state index in [0.717, 1.165) is 17.9 Å². The van der Waals surface area contributed by atoms with Gasteiger partial charge in [0.25, 0.3) is 0 Å². The van der Waals surface area contributed by atoms with Gasteiger partial charge in [0, 0.05) is 6.04 Å². The summed E-state index contributed by atoms with van der Waals surface area (Å²) in [6.07, 6.45) is 8.53. The standard InChI is InChI=1S/C16H23N/c1-2-8-14(9-3-1)15-10-16(11-15)17-12-13-6-4-5-7-13/h1-3,8-9,13,15-17H,4-7,10-12H2. The Hall–Kier alpha value is -0.820. The molecule has 0 unspecified atom stereocenters. The van der Waals surface area contributed by atoms with Crippen molar-refractivity contribution < 1.29 is 0 Å². The van der Waals surface area contributed by atoms with Gasteiger partial charge in [-0.2, -0.15) is 0 Å². The van der Waals surface area contributed by atoms with E-state index in [9.17, 15) is 0 Å². The molecular formula is C16H23N. The third-order valence-electron chi connectivity index (χ3n) is 4.58. The van der Waals surface area contributed by atoms with E-state index in [2.05, 4.69) is 35.6 Å². The first-order chi connectivity index (χ1) is 8.42.